The highest BCUT2D eigenvalue weighted by molar-refractivity contribution is 5.90. The molecule has 2 N–H and O–H groups in total. The van der Waals surface area contributed by atoms with Gasteiger partial charge in [-0.2, -0.15) is 0 Å². The van der Waals surface area contributed by atoms with Crippen LogP contribution in [0, 0.1) is 6.92 Å². The number of anilines is 1. The SMILES string of the molecule is CCOC(=O)c1ccc(N)c(Oc2cccnc2C)c1. The van der Waals surface area contributed by atoms with E-state index < -0.39 is 5.97 Å². The van der Waals surface area contributed by atoms with Gasteiger partial charge in [0.15, 0.2) is 5.75 Å². The van der Waals surface area contributed by atoms with Gasteiger partial charge in [-0.25, -0.2) is 4.79 Å². The van der Waals surface area contributed by atoms with Crippen LogP contribution in [0.2, 0.25) is 0 Å². The van der Waals surface area contributed by atoms with Crippen molar-refractivity contribution in [2.24, 2.45) is 0 Å². The minimum absolute atomic E-state index is 0.321. The Balaban J connectivity index is 2.30. The van der Waals surface area contributed by atoms with Gasteiger partial charge in [-0.1, -0.05) is 0 Å². The van der Waals surface area contributed by atoms with Crippen LogP contribution in [-0.4, -0.2) is 17.6 Å². The number of benzene rings is 1. The first-order valence-electron chi connectivity index (χ1n) is 6.28. The number of nitrogens with two attached hydrogens (primary N) is 1. The predicted octanol–water partition coefficient (Wildman–Crippen LogP) is 2.94. The number of aryl methyl sites for hydroxylation is 1. The summed E-state index contributed by atoms with van der Waals surface area (Å²) in [6, 6.07) is 8.36. The average molecular weight is 272 g/mol. The number of pyridine rings is 1. The molecule has 0 spiro atoms. The summed E-state index contributed by atoms with van der Waals surface area (Å²) < 4.78 is 10.7. The topological polar surface area (TPSA) is 74.4 Å². The molecule has 0 aliphatic carbocycles. The predicted molar refractivity (Wildman–Crippen MR) is 75.9 cm³/mol. The molecule has 1 heterocycles. The normalized spacial score (nSPS) is 10.1. The number of rotatable bonds is 4. The molecule has 0 radical (unpaired) electrons. The molecular formula is C15H16N2O3. The van der Waals surface area contributed by atoms with Gasteiger partial charge in [0.05, 0.1) is 23.6 Å². The summed E-state index contributed by atoms with van der Waals surface area (Å²) >= 11 is 0. The van der Waals surface area contributed by atoms with Gasteiger partial charge < -0.3 is 15.2 Å². The zero-order valence-corrected chi connectivity index (χ0v) is 11.4. The first kappa shape index (κ1) is 13.9. The fourth-order valence-electron chi connectivity index (χ4n) is 1.66. The van der Waals surface area contributed by atoms with Crippen molar-refractivity contribution in [3.8, 4) is 11.5 Å². The molecule has 1 aromatic heterocycles. The highest BCUT2D eigenvalue weighted by atomic mass is 16.5. The van der Waals surface area contributed by atoms with E-state index in [1.807, 2.05) is 6.92 Å². The maximum atomic E-state index is 11.7. The monoisotopic (exact) mass is 272 g/mol. The van der Waals surface area contributed by atoms with Gasteiger partial charge in [0.2, 0.25) is 0 Å². The van der Waals surface area contributed by atoms with Crippen LogP contribution in [0.3, 0.4) is 0 Å². The van der Waals surface area contributed by atoms with Crippen LogP contribution >= 0.6 is 0 Å². The summed E-state index contributed by atoms with van der Waals surface area (Å²) in [6.45, 7) is 3.91. The lowest BCUT2D eigenvalue weighted by molar-refractivity contribution is 0.0526. The van der Waals surface area contributed by atoms with Crippen molar-refractivity contribution in [1.29, 1.82) is 0 Å². The maximum Gasteiger partial charge on any atom is 0.338 e. The summed E-state index contributed by atoms with van der Waals surface area (Å²) in [4.78, 5) is 15.8. The summed E-state index contributed by atoms with van der Waals surface area (Å²) in [5, 5.41) is 0. The van der Waals surface area contributed by atoms with E-state index in [2.05, 4.69) is 4.98 Å². The lowest BCUT2D eigenvalue weighted by atomic mass is 10.2. The fraction of sp³-hybridized carbons (Fsp3) is 0.200. The molecule has 0 saturated heterocycles. The second-order valence-electron chi connectivity index (χ2n) is 4.16. The highest BCUT2D eigenvalue weighted by Gasteiger charge is 2.11. The van der Waals surface area contributed by atoms with Gasteiger partial charge in [0.25, 0.3) is 0 Å². The zero-order valence-electron chi connectivity index (χ0n) is 11.4. The molecule has 1 aromatic carbocycles. The Kier molecular flexibility index (Phi) is 4.20. The molecule has 0 aliphatic heterocycles. The minimum Gasteiger partial charge on any atom is -0.462 e. The van der Waals surface area contributed by atoms with E-state index in [1.165, 1.54) is 0 Å². The average Bonchev–Trinajstić information content (AvgIpc) is 2.44. The van der Waals surface area contributed by atoms with Crippen LogP contribution in [0.4, 0.5) is 5.69 Å². The van der Waals surface area contributed by atoms with Crippen LogP contribution in [0.15, 0.2) is 36.5 Å². The number of esters is 1. The molecule has 0 saturated carbocycles. The lowest BCUT2D eigenvalue weighted by Crippen LogP contribution is -2.05. The van der Waals surface area contributed by atoms with Gasteiger partial charge in [-0.05, 0) is 44.2 Å². The summed E-state index contributed by atoms with van der Waals surface area (Å²) in [5.74, 6) is 0.604. The number of ether oxygens (including phenoxy) is 2. The van der Waals surface area contributed by atoms with Crippen molar-refractivity contribution < 1.29 is 14.3 Å². The number of carbonyl (C=O) groups is 1. The fourth-order valence-corrected chi connectivity index (χ4v) is 1.66. The van der Waals surface area contributed by atoms with Crippen molar-refractivity contribution in [1.82, 2.24) is 4.98 Å². The van der Waals surface area contributed by atoms with Crippen molar-refractivity contribution in [2.75, 3.05) is 12.3 Å². The first-order valence-corrected chi connectivity index (χ1v) is 6.28. The van der Waals surface area contributed by atoms with E-state index in [4.69, 9.17) is 15.2 Å². The third-order valence-electron chi connectivity index (χ3n) is 2.70. The Morgan fingerprint density at radius 3 is 2.80 bits per heavy atom. The first-order chi connectivity index (χ1) is 9.61. The molecular weight excluding hydrogens is 256 g/mol. The van der Waals surface area contributed by atoms with E-state index in [0.717, 1.165) is 5.69 Å². The van der Waals surface area contributed by atoms with Gasteiger partial charge in [-0.15, -0.1) is 0 Å². The third kappa shape index (κ3) is 3.06. The number of hydrogen-bond donors (Lipinski definition) is 1. The van der Waals surface area contributed by atoms with Gasteiger partial charge in [-0.3, -0.25) is 4.98 Å². The van der Waals surface area contributed by atoms with Crippen molar-refractivity contribution in [3.63, 3.8) is 0 Å². The molecule has 5 nitrogen and oxygen atoms in total. The van der Waals surface area contributed by atoms with E-state index in [9.17, 15) is 4.79 Å². The largest absolute Gasteiger partial charge is 0.462 e. The Labute approximate surface area is 117 Å². The summed E-state index contributed by atoms with van der Waals surface area (Å²) in [5.41, 5.74) is 7.45. The molecule has 0 atom stereocenters. The molecule has 5 heteroatoms. The van der Waals surface area contributed by atoms with Gasteiger partial charge in [0, 0.05) is 6.20 Å². The zero-order chi connectivity index (χ0) is 14.5. The van der Waals surface area contributed by atoms with Crippen molar-refractivity contribution in [2.45, 2.75) is 13.8 Å². The standard InChI is InChI=1S/C15H16N2O3/c1-3-19-15(18)11-6-7-12(16)14(9-11)20-13-5-4-8-17-10(13)2/h4-9H,3,16H2,1-2H3. The number of nitrogen functional groups attached to an aromatic ring is 1. The molecule has 20 heavy (non-hydrogen) atoms. The summed E-state index contributed by atoms with van der Waals surface area (Å²) in [7, 11) is 0. The molecule has 0 bridgehead atoms. The Hall–Kier alpha value is -2.56. The number of carbonyl (C=O) groups excluding carboxylic acids is 1. The number of nitrogens with zero attached hydrogens (tertiary/aromatic N) is 1. The molecule has 0 amide bonds. The van der Waals surface area contributed by atoms with Crippen LogP contribution in [0.5, 0.6) is 11.5 Å². The molecule has 2 rings (SSSR count). The Bertz CT molecular complexity index is 626. The quantitative estimate of drug-likeness (QED) is 0.684. The second-order valence-corrected chi connectivity index (χ2v) is 4.16. The van der Waals surface area contributed by atoms with Crippen LogP contribution in [0.25, 0.3) is 0 Å². The second kappa shape index (κ2) is 6.06. The smallest absolute Gasteiger partial charge is 0.338 e. The molecule has 0 aliphatic rings. The highest BCUT2D eigenvalue weighted by Crippen LogP contribution is 2.29. The molecule has 2 aromatic rings. The third-order valence-corrected chi connectivity index (χ3v) is 2.70. The van der Waals surface area contributed by atoms with Crippen LogP contribution in [0.1, 0.15) is 23.0 Å². The lowest BCUT2D eigenvalue weighted by Gasteiger charge is -2.11. The maximum absolute atomic E-state index is 11.7. The van der Waals surface area contributed by atoms with Crippen LogP contribution in [-0.2, 0) is 4.74 Å². The molecule has 104 valence electrons. The van der Waals surface area contributed by atoms with E-state index in [0.29, 0.717) is 29.4 Å². The minimum atomic E-state index is -0.403. The van der Waals surface area contributed by atoms with Gasteiger partial charge in [0.1, 0.15) is 5.75 Å². The Morgan fingerprint density at radius 1 is 1.30 bits per heavy atom. The summed E-state index contributed by atoms with van der Waals surface area (Å²) in [6.07, 6.45) is 1.68. The van der Waals surface area contributed by atoms with Crippen molar-refractivity contribution in [3.05, 3.63) is 47.8 Å². The van der Waals surface area contributed by atoms with E-state index in [1.54, 1.807) is 43.5 Å². The molecule has 0 fully saturated rings. The van der Waals surface area contributed by atoms with Crippen molar-refractivity contribution >= 4 is 11.7 Å². The number of aromatic nitrogens is 1. The number of hydrogen-bond acceptors (Lipinski definition) is 5. The Morgan fingerprint density at radius 2 is 2.10 bits per heavy atom. The molecule has 0 unspecified atom stereocenters. The van der Waals surface area contributed by atoms with Crippen LogP contribution < -0.4 is 10.5 Å². The van der Waals surface area contributed by atoms with E-state index in [-0.39, 0.29) is 0 Å². The van der Waals surface area contributed by atoms with Gasteiger partial charge >= 0.3 is 5.97 Å². The van der Waals surface area contributed by atoms with E-state index >= 15 is 0 Å².